The van der Waals surface area contributed by atoms with Gasteiger partial charge in [-0.05, 0) is 48.5 Å². The predicted molar refractivity (Wildman–Crippen MR) is 114 cm³/mol. The van der Waals surface area contributed by atoms with Gasteiger partial charge in [0.2, 0.25) is 0 Å². The van der Waals surface area contributed by atoms with Gasteiger partial charge in [0.15, 0.2) is 11.5 Å². The van der Waals surface area contributed by atoms with Crippen molar-refractivity contribution in [2.75, 3.05) is 9.80 Å². The number of para-hydroxylation sites is 6. The highest BCUT2D eigenvalue weighted by molar-refractivity contribution is 5.89. The Hall–Kier alpha value is -3.92. The Morgan fingerprint density at radius 2 is 0.828 bits per heavy atom. The van der Waals surface area contributed by atoms with Gasteiger partial charge >= 0.3 is 6.03 Å². The first-order valence-electron chi connectivity index (χ1n) is 9.63. The zero-order valence-corrected chi connectivity index (χ0v) is 15.6. The molecule has 0 atom stereocenters. The molecule has 0 saturated heterocycles. The topological polar surface area (TPSA) is 24.9 Å². The third kappa shape index (κ3) is 2.26. The minimum atomic E-state index is -1.18. The maximum Gasteiger partial charge on any atom is 0.444 e. The Bertz CT molecular complexity index is 1080. The Kier molecular flexibility index (Phi) is 3.35. The van der Waals surface area contributed by atoms with Gasteiger partial charge in [-0.2, -0.15) is 0 Å². The van der Waals surface area contributed by atoms with E-state index in [2.05, 4.69) is 46.2 Å². The molecule has 140 valence electrons. The number of anilines is 4. The van der Waals surface area contributed by atoms with Crippen LogP contribution in [0, 0.1) is 0 Å². The largest absolute Gasteiger partial charge is 0.444 e. The van der Waals surface area contributed by atoms with E-state index in [0.717, 1.165) is 34.2 Å². The van der Waals surface area contributed by atoms with Gasteiger partial charge in [-0.1, -0.05) is 60.7 Å². The van der Waals surface area contributed by atoms with Crippen LogP contribution >= 0.6 is 0 Å². The quantitative estimate of drug-likeness (QED) is 0.423. The lowest BCUT2D eigenvalue weighted by Crippen LogP contribution is -2.60. The van der Waals surface area contributed by atoms with Crippen LogP contribution in [0.4, 0.5) is 22.7 Å². The van der Waals surface area contributed by atoms with Crippen LogP contribution in [0.5, 0.6) is 11.5 Å². The molecule has 2 aliphatic heterocycles. The lowest BCUT2D eigenvalue weighted by atomic mass is 10.2. The highest BCUT2D eigenvalue weighted by Crippen LogP contribution is 2.56. The molecule has 4 aromatic rings. The monoisotopic (exact) mass is 378 g/mol. The molecular formula is C25H18N2O2. The summed E-state index contributed by atoms with van der Waals surface area (Å²) >= 11 is 0. The Labute approximate surface area is 169 Å². The number of hydrogen-bond acceptors (Lipinski definition) is 4. The number of fused-ring (bicyclic) bond motifs is 2. The van der Waals surface area contributed by atoms with E-state index in [1.165, 1.54) is 0 Å². The predicted octanol–water partition coefficient (Wildman–Crippen LogP) is 6.06. The van der Waals surface area contributed by atoms with E-state index in [1.807, 2.05) is 72.8 Å². The number of rotatable bonds is 2. The van der Waals surface area contributed by atoms with Gasteiger partial charge in [-0.3, -0.25) is 0 Å². The maximum atomic E-state index is 6.60. The molecule has 0 fully saturated rings. The molecule has 0 N–H and O–H groups in total. The SMILES string of the molecule is c1ccc(N2c3ccccc3N(c3ccccc3)C23Oc2ccccc2O3)cc1. The van der Waals surface area contributed by atoms with Crippen LogP contribution < -0.4 is 19.3 Å². The van der Waals surface area contributed by atoms with Crippen LogP contribution in [0.25, 0.3) is 0 Å². The summed E-state index contributed by atoms with van der Waals surface area (Å²) in [5, 5.41) is 0. The standard InChI is InChI=1S/C25H18N2O2/c1-3-11-19(12-4-1)26-21-15-7-8-16-22(21)27(20-13-5-2-6-14-20)25(26)28-23-17-9-10-18-24(23)29-25/h1-18H. The van der Waals surface area contributed by atoms with Gasteiger partial charge in [0.25, 0.3) is 0 Å². The Balaban J connectivity index is 1.63. The summed E-state index contributed by atoms with van der Waals surface area (Å²) in [6, 6.07) is 35.3. The molecule has 0 radical (unpaired) electrons. The molecule has 0 unspecified atom stereocenters. The first kappa shape index (κ1) is 16.1. The minimum absolute atomic E-state index is 0.724. The number of hydrogen-bond donors (Lipinski definition) is 0. The van der Waals surface area contributed by atoms with E-state index < -0.39 is 6.03 Å². The molecule has 6 rings (SSSR count). The van der Waals surface area contributed by atoms with Crippen molar-refractivity contribution in [3.8, 4) is 11.5 Å². The maximum absolute atomic E-state index is 6.60. The molecule has 0 aromatic heterocycles. The van der Waals surface area contributed by atoms with Crippen molar-refractivity contribution in [1.82, 2.24) is 0 Å². The highest BCUT2D eigenvalue weighted by Gasteiger charge is 2.60. The molecule has 2 aliphatic rings. The molecule has 4 nitrogen and oxygen atoms in total. The van der Waals surface area contributed by atoms with E-state index in [9.17, 15) is 0 Å². The zero-order chi connectivity index (χ0) is 19.3. The van der Waals surface area contributed by atoms with E-state index in [1.54, 1.807) is 0 Å². The highest BCUT2D eigenvalue weighted by atomic mass is 16.8. The van der Waals surface area contributed by atoms with Gasteiger partial charge in [-0.15, -0.1) is 0 Å². The van der Waals surface area contributed by atoms with Gasteiger partial charge in [0, 0.05) is 0 Å². The fourth-order valence-corrected chi connectivity index (χ4v) is 4.11. The van der Waals surface area contributed by atoms with Crippen molar-refractivity contribution in [1.29, 1.82) is 0 Å². The van der Waals surface area contributed by atoms with Crippen LogP contribution in [0.3, 0.4) is 0 Å². The fraction of sp³-hybridized carbons (Fsp3) is 0.0400. The summed E-state index contributed by atoms with van der Waals surface area (Å²) in [7, 11) is 0. The molecule has 4 heteroatoms. The second-order valence-corrected chi connectivity index (χ2v) is 7.03. The molecule has 0 bridgehead atoms. The average Bonchev–Trinajstić information content (AvgIpc) is 3.29. The Morgan fingerprint density at radius 1 is 0.448 bits per heavy atom. The molecule has 0 amide bonds. The summed E-state index contributed by atoms with van der Waals surface area (Å²) in [5.41, 5.74) is 4.03. The Morgan fingerprint density at radius 3 is 1.28 bits per heavy atom. The van der Waals surface area contributed by atoms with Gasteiger partial charge in [0.1, 0.15) is 0 Å². The van der Waals surface area contributed by atoms with Crippen molar-refractivity contribution in [3.05, 3.63) is 109 Å². The van der Waals surface area contributed by atoms with Crippen molar-refractivity contribution < 1.29 is 9.47 Å². The first-order valence-corrected chi connectivity index (χ1v) is 9.63. The van der Waals surface area contributed by atoms with E-state index in [4.69, 9.17) is 9.47 Å². The van der Waals surface area contributed by atoms with Crippen molar-refractivity contribution in [3.63, 3.8) is 0 Å². The summed E-state index contributed by atoms with van der Waals surface area (Å²) in [4.78, 5) is 4.24. The third-order valence-corrected chi connectivity index (χ3v) is 5.29. The van der Waals surface area contributed by atoms with E-state index in [0.29, 0.717) is 0 Å². The van der Waals surface area contributed by atoms with Gasteiger partial charge in [-0.25, -0.2) is 9.80 Å². The minimum Gasteiger partial charge on any atom is -0.413 e. The zero-order valence-electron chi connectivity index (χ0n) is 15.6. The number of nitrogens with zero attached hydrogens (tertiary/aromatic N) is 2. The number of ether oxygens (including phenoxy) is 2. The van der Waals surface area contributed by atoms with E-state index in [-0.39, 0.29) is 0 Å². The first-order chi connectivity index (χ1) is 14.4. The van der Waals surface area contributed by atoms with Crippen LogP contribution in [-0.4, -0.2) is 6.03 Å². The van der Waals surface area contributed by atoms with Crippen LogP contribution in [0.1, 0.15) is 0 Å². The van der Waals surface area contributed by atoms with Crippen LogP contribution in [0.2, 0.25) is 0 Å². The molecular weight excluding hydrogens is 360 g/mol. The molecule has 2 heterocycles. The fourth-order valence-electron chi connectivity index (χ4n) is 4.11. The van der Waals surface area contributed by atoms with Crippen LogP contribution in [-0.2, 0) is 0 Å². The molecule has 1 spiro atoms. The van der Waals surface area contributed by atoms with Crippen molar-refractivity contribution >= 4 is 22.7 Å². The number of benzene rings is 4. The summed E-state index contributed by atoms with van der Waals surface area (Å²) in [5.74, 6) is 1.45. The average molecular weight is 378 g/mol. The molecule has 0 aliphatic carbocycles. The summed E-state index contributed by atoms with van der Waals surface area (Å²) in [6.07, 6.45) is 0. The lowest BCUT2D eigenvalue weighted by Gasteiger charge is -2.39. The second-order valence-electron chi connectivity index (χ2n) is 7.03. The molecule has 0 saturated carbocycles. The normalized spacial score (nSPS) is 15.6. The second kappa shape index (κ2) is 6.04. The summed E-state index contributed by atoms with van der Waals surface area (Å²) in [6.45, 7) is 0. The smallest absolute Gasteiger partial charge is 0.413 e. The van der Waals surface area contributed by atoms with Crippen molar-refractivity contribution in [2.45, 2.75) is 6.03 Å². The third-order valence-electron chi connectivity index (χ3n) is 5.29. The summed E-state index contributed by atoms with van der Waals surface area (Å²) < 4.78 is 13.2. The molecule has 4 aromatic carbocycles. The van der Waals surface area contributed by atoms with E-state index >= 15 is 0 Å². The van der Waals surface area contributed by atoms with Gasteiger partial charge in [0.05, 0.1) is 22.7 Å². The van der Waals surface area contributed by atoms with Gasteiger partial charge < -0.3 is 9.47 Å². The van der Waals surface area contributed by atoms with Crippen molar-refractivity contribution in [2.24, 2.45) is 0 Å². The van der Waals surface area contributed by atoms with Crippen LogP contribution in [0.15, 0.2) is 109 Å². The molecule has 29 heavy (non-hydrogen) atoms. The lowest BCUT2D eigenvalue weighted by molar-refractivity contribution is -0.0592.